The highest BCUT2D eigenvalue weighted by molar-refractivity contribution is 7.91. The minimum Gasteiger partial charge on any atom is -0.376 e. The van der Waals surface area contributed by atoms with Gasteiger partial charge >= 0.3 is 0 Å². The van der Waals surface area contributed by atoms with Crippen molar-refractivity contribution in [3.63, 3.8) is 0 Å². The fraction of sp³-hybridized carbons (Fsp3) is 0.500. The topological polar surface area (TPSA) is 72.5 Å². The van der Waals surface area contributed by atoms with E-state index >= 15 is 0 Å². The molecule has 1 unspecified atom stereocenters. The molecule has 1 saturated heterocycles. The van der Waals surface area contributed by atoms with Crippen molar-refractivity contribution in [2.24, 2.45) is 0 Å². The lowest BCUT2D eigenvalue weighted by molar-refractivity contribution is -0.121. The summed E-state index contributed by atoms with van der Waals surface area (Å²) in [6, 6.07) is 4.10. The summed E-state index contributed by atoms with van der Waals surface area (Å²) in [5.41, 5.74) is 0. The number of carbonyl (C=O) groups is 1. The maximum Gasteiger partial charge on any atom is 0.221 e. The smallest absolute Gasteiger partial charge is 0.221 e. The van der Waals surface area contributed by atoms with Gasteiger partial charge in [-0.1, -0.05) is 23.2 Å². The Hall–Kier alpha value is -0.820. The lowest BCUT2D eigenvalue weighted by Gasteiger charge is -2.11. The third-order valence-electron chi connectivity index (χ3n) is 3.40. The van der Waals surface area contributed by atoms with E-state index in [-0.39, 0.29) is 39.1 Å². The molecule has 0 aliphatic carbocycles. The molecule has 1 aromatic carbocycles. The zero-order valence-electron chi connectivity index (χ0n) is 11.8. The molecule has 0 saturated carbocycles. The first-order valence-corrected chi connectivity index (χ1v) is 9.35. The van der Waals surface area contributed by atoms with Crippen molar-refractivity contribution in [3.8, 4) is 0 Å². The molecule has 0 bridgehead atoms. The number of rotatable bonds is 6. The number of amides is 1. The Morgan fingerprint density at radius 1 is 1.32 bits per heavy atom. The van der Waals surface area contributed by atoms with Crippen LogP contribution in [0, 0.1) is 0 Å². The first-order valence-electron chi connectivity index (χ1n) is 6.94. The summed E-state index contributed by atoms with van der Waals surface area (Å²) in [4.78, 5) is 11.8. The van der Waals surface area contributed by atoms with E-state index in [0.717, 1.165) is 12.8 Å². The van der Waals surface area contributed by atoms with Crippen LogP contribution >= 0.6 is 23.2 Å². The molecule has 1 aliphatic heterocycles. The van der Waals surface area contributed by atoms with Gasteiger partial charge in [0.15, 0.2) is 9.84 Å². The molecule has 8 heteroatoms. The molecule has 5 nitrogen and oxygen atoms in total. The van der Waals surface area contributed by atoms with Gasteiger partial charge in [0.05, 0.1) is 26.8 Å². The van der Waals surface area contributed by atoms with Crippen molar-refractivity contribution in [2.45, 2.75) is 30.3 Å². The minimum atomic E-state index is -3.57. The van der Waals surface area contributed by atoms with Crippen LogP contribution in [0.15, 0.2) is 23.1 Å². The van der Waals surface area contributed by atoms with E-state index in [1.807, 2.05) is 0 Å². The van der Waals surface area contributed by atoms with E-state index in [0.29, 0.717) is 13.2 Å². The molecule has 22 heavy (non-hydrogen) atoms. The standard InChI is InChI=1S/C14H17Cl2NO4S/c15-12-4-3-11(8-13(12)16)22(19,20)7-5-14(18)17-9-10-2-1-6-21-10/h3-4,8,10H,1-2,5-7,9H2,(H,17,18). The van der Waals surface area contributed by atoms with Crippen molar-refractivity contribution in [2.75, 3.05) is 18.9 Å². The van der Waals surface area contributed by atoms with Gasteiger partial charge in [0, 0.05) is 19.6 Å². The molecular weight excluding hydrogens is 349 g/mol. The van der Waals surface area contributed by atoms with E-state index in [4.69, 9.17) is 27.9 Å². The van der Waals surface area contributed by atoms with Crippen LogP contribution in [0.1, 0.15) is 19.3 Å². The summed E-state index contributed by atoms with van der Waals surface area (Å²) in [6.07, 6.45) is 1.85. The van der Waals surface area contributed by atoms with Gasteiger partial charge in [0.1, 0.15) is 0 Å². The van der Waals surface area contributed by atoms with Crippen LogP contribution in [-0.2, 0) is 19.4 Å². The summed E-state index contributed by atoms with van der Waals surface area (Å²) in [6.45, 7) is 1.14. The van der Waals surface area contributed by atoms with Crippen LogP contribution in [0.2, 0.25) is 10.0 Å². The first-order chi connectivity index (χ1) is 10.4. The third-order valence-corrected chi connectivity index (χ3v) is 5.85. The van der Waals surface area contributed by atoms with Crippen LogP contribution in [0.4, 0.5) is 0 Å². The minimum absolute atomic E-state index is 0.0376. The van der Waals surface area contributed by atoms with Gasteiger partial charge in [-0.05, 0) is 31.0 Å². The van der Waals surface area contributed by atoms with E-state index < -0.39 is 9.84 Å². The van der Waals surface area contributed by atoms with Gasteiger partial charge in [-0.25, -0.2) is 8.42 Å². The number of ether oxygens (including phenoxy) is 1. The molecule has 122 valence electrons. The molecule has 0 radical (unpaired) electrons. The van der Waals surface area contributed by atoms with Crippen molar-refractivity contribution in [3.05, 3.63) is 28.2 Å². The van der Waals surface area contributed by atoms with Crippen LogP contribution < -0.4 is 5.32 Å². The molecule has 1 aromatic rings. The second-order valence-electron chi connectivity index (χ2n) is 5.08. The maximum atomic E-state index is 12.2. The molecular formula is C14H17Cl2NO4S. The number of hydrogen-bond donors (Lipinski definition) is 1. The number of carbonyl (C=O) groups excluding carboxylic acids is 1. The summed E-state index contributed by atoms with van der Waals surface area (Å²) >= 11 is 11.6. The zero-order chi connectivity index (χ0) is 16.2. The Balaban J connectivity index is 1.85. The lowest BCUT2D eigenvalue weighted by atomic mass is 10.2. The van der Waals surface area contributed by atoms with E-state index in [1.165, 1.54) is 18.2 Å². The Bertz CT molecular complexity index is 642. The molecule has 1 N–H and O–H groups in total. The second-order valence-corrected chi connectivity index (χ2v) is 8.01. The summed E-state index contributed by atoms with van der Waals surface area (Å²) in [5, 5.41) is 3.15. The van der Waals surface area contributed by atoms with Gasteiger partial charge in [-0.15, -0.1) is 0 Å². The molecule has 0 spiro atoms. The van der Waals surface area contributed by atoms with Crippen molar-refractivity contribution < 1.29 is 17.9 Å². The number of halogens is 2. The Kier molecular flexibility index (Phi) is 6.09. The Labute approximate surface area is 139 Å². The quantitative estimate of drug-likeness (QED) is 0.840. The van der Waals surface area contributed by atoms with E-state index in [1.54, 1.807) is 0 Å². The number of benzene rings is 1. The molecule has 1 heterocycles. The summed E-state index contributed by atoms with van der Waals surface area (Å²) in [7, 11) is -3.57. The van der Waals surface area contributed by atoms with Crippen LogP contribution in [0.5, 0.6) is 0 Å². The van der Waals surface area contributed by atoms with Crippen LogP contribution in [0.3, 0.4) is 0 Å². The molecule has 1 aliphatic rings. The van der Waals surface area contributed by atoms with Gasteiger partial charge in [-0.2, -0.15) is 0 Å². The van der Waals surface area contributed by atoms with Crippen LogP contribution in [0.25, 0.3) is 0 Å². The van der Waals surface area contributed by atoms with E-state index in [9.17, 15) is 13.2 Å². The number of sulfone groups is 1. The predicted molar refractivity (Wildman–Crippen MR) is 85.1 cm³/mol. The SMILES string of the molecule is O=C(CCS(=O)(=O)c1ccc(Cl)c(Cl)c1)NCC1CCCO1. The highest BCUT2D eigenvalue weighted by Gasteiger charge is 2.19. The van der Waals surface area contributed by atoms with Crippen molar-refractivity contribution >= 4 is 38.9 Å². The highest BCUT2D eigenvalue weighted by atomic mass is 35.5. The average molecular weight is 366 g/mol. The predicted octanol–water partition coefficient (Wildman–Crippen LogP) is 2.45. The first kappa shape index (κ1) is 17.5. The lowest BCUT2D eigenvalue weighted by Crippen LogP contribution is -2.32. The Morgan fingerprint density at radius 3 is 2.73 bits per heavy atom. The largest absolute Gasteiger partial charge is 0.376 e. The summed E-state index contributed by atoms with van der Waals surface area (Å²) in [5.74, 6) is -0.582. The average Bonchev–Trinajstić information content (AvgIpc) is 2.99. The van der Waals surface area contributed by atoms with Crippen molar-refractivity contribution in [1.29, 1.82) is 0 Å². The number of hydrogen-bond acceptors (Lipinski definition) is 4. The fourth-order valence-electron chi connectivity index (χ4n) is 2.14. The zero-order valence-corrected chi connectivity index (χ0v) is 14.2. The van der Waals surface area contributed by atoms with Gasteiger partial charge in [-0.3, -0.25) is 4.79 Å². The van der Waals surface area contributed by atoms with Gasteiger partial charge in [0.25, 0.3) is 0 Å². The van der Waals surface area contributed by atoms with Crippen LogP contribution in [-0.4, -0.2) is 39.3 Å². The molecule has 1 fully saturated rings. The fourth-order valence-corrected chi connectivity index (χ4v) is 3.76. The van der Waals surface area contributed by atoms with Gasteiger partial charge < -0.3 is 10.1 Å². The normalized spacial score (nSPS) is 18.4. The Morgan fingerprint density at radius 2 is 2.09 bits per heavy atom. The monoisotopic (exact) mass is 365 g/mol. The molecule has 1 amide bonds. The summed E-state index contributed by atoms with van der Waals surface area (Å²) < 4.78 is 29.7. The molecule has 1 atom stereocenters. The van der Waals surface area contributed by atoms with Crippen molar-refractivity contribution in [1.82, 2.24) is 5.32 Å². The number of nitrogens with one attached hydrogen (secondary N) is 1. The van der Waals surface area contributed by atoms with Gasteiger partial charge in [0.2, 0.25) is 5.91 Å². The molecule has 0 aromatic heterocycles. The second kappa shape index (κ2) is 7.64. The third kappa shape index (κ3) is 4.84. The maximum absolute atomic E-state index is 12.2. The molecule has 2 rings (SSSR count). The van der Waals surface area contributed by atoms with E-state index in [2.05, 4.69) is 5.32 Å². The highest BCUT2D eigenvalue weighted by Crippen LogP contribution is 2.25.